The Morgan fingerprint density at radius 3 is 2.31 bits per heavy atom. The number of benzene rings is 3. The molecular weight excluding hydrogens is 365 g/mol. The maximum Gasteiger partial charge on any atom is 0.146 e. The number of halogens is 2. The van der Waals surface area contributed by atoms with Crippen molar-refractivity contribution in [3.63, 3.8) is 0 Å². The second-order valence-corrected chi connectivity index (χ2v) is 6.77. The first kappa shape index (κ1) is 16.9. The third-order valence-electron chi connectivity index (χ3n) is 4.18. The molecule has 1 aromatic heterocycles. The van der Waals surface area contributed by atoms with E-state index in [1.807, 2.05) is 72.8 Å². The van der Waals surface area contributed by atoms with Gasteiger partial charge in [-0.3, -0.25) is 4.98 Å². The standard InChI is InChI=1S/C22H15Cl2NO/c23-18-8-2-1-6-15(18)12-17-13-20-16(7-5-11-25-20)14-22(17)26-21-10-4-3-9-19(21)24/h1-11,13-14H,12H2. The van der Waals surface area contributed by atoms with Gasteiger partial charge in [-0.1, -0.05) is 59.6 Å². The normalized spacial score (nSPS) is 10.8. The summed E-state index contributed by atoms with van der Waals surface area (Å²) < 4.78 is 6.16. The van der Waals surface area contributed by atoms with Gasteiger partial charge >= 0.3 is 0 Å². The molecule has 0 spiro atoms. The van der Waals surface area contributed by atoms with Crippen LogP contribution in [0.3, 0.4) is 0 Å². The van der Waals surface area contributed by atoms with Crippen LogP contribution >= 0.6 is 23.2 Å². The summed E-state index contributed by atoms with van der Waals surface area (Å²) in [4.78, 5) is 4.46. The van der Waals surface area contributed by atoms with Gasteiger partial charge in [0.2, 0.25) is 0 Å². The molecule has 4 heteroatoms. The molecule has 0 saturated carbocycles. The maximum atomic E-state index is 6.35. The molecule has 0 aliphatic rings. The quantitative estimate of drug-likeness (QED) is 0.383. The van der Waals surface area contributed by atoms with Crippen LogP contribution in [0.25, 0.3) is 10.9 Å². The zero-order valence-corrected chi connectivity index (χ0v) is 15.3. The number of rotatable bonds is 4. The first-order chi connectivity index (χ1) is 12.7. The van der Waals surface area contributed by atoms with Gasteiger partial charge < -0.3 is 4.74 Å². The minimum atomic E-state index is 0.572. The summed E-state index contributed by atoms with van der Waals surface area (Å²) >= 11 is 12.6. The SMILES string of the molecule is Clc1ccccc1Cc1cc2ncccc2cc1Oc1ccccc1Cl. The Morgan fingerprint density at radius 1 is 0.731 bits per heavy atom. The van der Waals surface area contributed by atoms with Gasteiger partial charge in [0.25, 0.3) is 0 Å². The van der Waals surface area contributed by atoms with E-state index in [0.29, 0.717) is 17.2 Å². The molecule has 2 nitrogen and oxygen atoms in total. The van der Waals surface area contributed by atoms with E-state index >= 15 is 0 Å². The summed E-state index contributed by atoms with van der Waals surface area (Å²) in [5.41, 5.74) is 2.96. The average Bonchev–Trinajstić information content (AvgIpc) is 2.66. The van der Waals surface area contributed by atoms with Crippen molar-refractivity contribution in [1.82, 2.24) is 4.98 Å². The molecular formula is C22H15Cl2NO. The fraction of sp³-hybridized carbons (Fsp3) is 0.0455. The van der Waals surface area contributed by atoms with Gasteiger partial charge in [-0.2, -0.15) is 0 Å². The summed E-state index contributed by atoms with van der Waals surface area (Å²) in [5, 5.41) is 2.32. The molecule has 0 atom stereocenters. The van der Waals surface area contributed by atoms with E-state index in [4.69, 9.17) is 27.9 Å². The smallest absolute Gasteiger partial charge is 0.146 e. The van der Waals surface area contributed by atoms with Crippen molar-refractivity contribution >= 4 is 34.1 Å². The fourth-order valence-electron chi connectivity index (χ4n) is 2.87. The molecule has 4 rings (SSSR count). The first-order valence-corrected chi connectivity index (χ1v) is 9.00. The first-order valence-electron chi connectivity index (χ1n) is 8.24. The van der Waals surface area contributed by atoms with Crippen molar-refractivity contribution in [2.75, 3.05) is 0 Å². The van der Waals surface area contributed by atoms with Crippen LogP contribution in [0.4, 0.5) is 0 Å². The van der Waals surface area contributed by atoms with Crippen LogP contribution in [-0.4, -0.2) is 4.98 Å². The molecule has 0 unspecified atom stereocenters. The van der Waals surface area contributed by atoms with Crippen molar-refractivity contribution in [3.05, 3.63) is 100 Å². The minimum Gasteiger partial charge on any atom is -0.455 e. The van der Waals surface area contributed by atoms with Crippen molar-refractivity contribution in [2.24, 2.45) is 0 Å². The Hall–Kier alpha value is -2.55. The van der Waals surface area contributed by atoms with Crippen molar-refractivity contribution in [1.29, 1.82) is 0 Å². The Kier molecular flexibility index (Phi) is 4.79. The highest BCUT2D eigenvalue weighted by atomic mass is 35.5. The van der Waals surface area contributed by atoms with Gasteiger partial charge in [-0.05, 0) is 42.0 Å². The van der Waals surface area contributed by atoms with Crippen molar-refractivity contribution in [2.45, 2.75) is 6.42 Å². The summed E-state index contributed by atoms with van der Waals surface area (Å²) in [5.74, 6) is 1.37. The minimum absolute atomic E-state index is 0.572. The van der Waals surface area contributed by atoms with Gasteiger partial charge in [0.05, 0.1) is 10.5 Å². The predicted molar refractivity (Wildman–Crippen MR) is 108 cm³/mol. The molecule has 1 heterocycles. The highest BCUT2D eigenvalue weighted by molar-refractivity contribution is 6.32. The number of para-hydroxylation sites is 1. The Balaban J connectivity index is 1.81. The third-order valence-corrected chi connectivity index (χ3v) is 4.86. The molecule has 0 aliphatic heterocycles. The lowest BCUT2D eigenvalue weighted by Gasteiger charge is -2.14. The highest BCUT2D eigenvalue weighted by Gasteiger charge is 2.12. The largest absolute Gasteiger partial charge is 0.455 e. The molecule has 0 radical (unpaired) electrons. The molecule has 0 amide bonds. The number of aromatic nitrogens is 1. The lowest BCUT2D eigenvalue weighted by Crippen LogP contribution is -1.96. The van der Waals surface area contributed by atoms with Gasteiger partial charge in [0, 0.05) is 28.6 Å². The summed E-state index contributed by atoms with van der Waals surface area (Å²) in [6.07, 6.45) is 2.43. The lowest BCUT2D eigenvalue weighted by atomic mass is 10.0. The molecule has 128 valence electrons. The molecule has 0 N–H and O–H groups in total. The Labute approximate surface area is 162 Å². The van der Waals surface area contributed by atoms with Gasteiger partial charge in [-0.25, -0.2) is 0 Å². The fourth-order valence-corrected chi connectivity index (χ4v) is 3.25. The number of pyridine rings is 1. The van der Waals surface area contributed by atoms with Crippen LogP contribution in [0.1, 0.15) is 11.1 Å². The van der Waals surface area contributed by atoms with E-state index in [1.54, 1.807) is 6.20 Å². The van der Waals surface area contributed by atoms with E-state index < -0.39 is 0 Å². The number of fused-ring (bicyclic) bond motifs is 1. The number of hydrogen-bond acceptors (Lipinski definition) is 2. The van der Waals surface area contributed by atoms with Crippen LogP contribution in [-0.2, 0) is 6.42 Å². The Morgan fingerprint density at radius 2 is 1.50 bits per heavy atom. The van der Waals surface area contributed by atoms with Crippen molar-refractivity contribution < 1.29 is 4.74 Å². The Bertz CT molecular complexity index is 992. The van der Waals surface area contributed by atoms with Crippen LogP contribution in [0.2, 0.25) is 10.0 Å². The summed E-state index contributed by atoms with van der Waals surface area (Å²) in [6.45, 7) is 0. The molecule has 0 aliphatic carbocycles. The maximum absolute atomic E-state index is 6.35. The molecule has 4 aromatic rings. The third kappa shape index (κ3) is 3.52. The number of hydrogen-bond donors (Lipinski definition) is 0. The zero-order chi connectivity index (χ0) is 17.9. The topological polar surface area (TPSA) is 22.1 Å². The number of ether oxygens (including phenoxy) is 1. The second-order valence-electron chi connectivity index (χ2n) is 5.96. The van der Waals surface area contributed by atoms with Crippen molar-refractivity contribution in [3.8, 4) is 11.5 Å². The highest BCUT2D eigenvalue weighted by Crippen LogP contribution is 2.35. The van der Waals surface area contributed by atoms with Crippen LogP contribution in [0.5, 0.6) is 11.5 Å². The monoisotopic (exact) mass is 379 g/mol. The van der Waals surface area contributed by atoms with Gasteiger partial charge in [-0.15, -0.1) is 0 Å². The molecule has 3 aromatic carbocycles. The molecule has 0 fully saturated rings. The van der Waals surface area contributed by atoms with Crippen LogP contribution in [0.15, 0.2) is 79.0 Å². The molecule has 0 bridgehead atoms. The van der Waals surface area contributed by atoms with E-state index in [0.717, 1.165) is 32.8 Å². The van der Waals surface area contributed by atoms with Gasteiger partial charge in [0.15, 0.2) is 0 Å². The number of nitrogens with zero attached hydrogens (tertiary/aromatic N) is 1. The van der Waals surface area contributed by atoms with E-state index in [1.165, 1.54) is 0 Å². The molecule has 26 heavy (non-hydrogen) atoms. The lowest BCUT2D eigenvalue weighted by molar-refractivity contribution is 0.478. The predicted octanol–water partition coefficient (Wildman–Crippen LogP) is 6.92. The van der Waals surface area contributed by atoms with Crippen LogP contribution < -0.4 is 4.74 Å². The zero-order valence-electron chi connectivity index (χ0n) is 13.8. The van der Waals surface area contributed by atoms with Gasteiger partial charge in [0.1, 0.15) is 11.5 Å². The summed E-state index contributed by atoms with van der Waals surface area (Å²) in [7, 11) is 0. The average molecular weight is 380 g/mol. The van der Waals surface area contributed by atoms with Crippen LogP contribution in [0, 0.1) is 0 Å². The van der Waals surface area contributed by atoms with E-state index in [-0.39, 0.29) is 0 Å². The molecule has 0 saturated heterocycles. The van der Waals surface area contributed by atoms with E-state index in [9.17, 15) is 0 Å². The second kappa shape index (κ2) is 7.36. The summed E-state index contributed by atoms with van der Waals surface area (Å²) in [6, 6.07) is 23.2. The van der Waals surface area contributed by atoms with E-state index in [2.05, 4.69) is 4.98 Å².